The van der Waals surface area contributed by atoms with Gasteiger partial charge in [0.05, 0.1) is 5.56 Å². The van der Waals surface area contributed by atoms with Gasteiger partial charge < -0.3 is 20.5 Å². The molecular formula is C27H24N2O5. The van der Waals surface area contributed by atoms with Crippen molar-refractivity contribution in [1.29, 1.82) is 0 Å². The molecule has 172 valence electrons. The predicted molar refractivity (Wildman–Crippen MR) is 127 cm³/mol. The van der Waals surface area contributed by atoms with E-state index in [1.54, 1.807) is 13.0 Å². The van der Waals surface area contributed by atoms with E-state index in [2.05, 4.69) is 34.9 Å². The molecule has 2 aliphatic rings. The van der Waals surface area contributed by atoms with E-state index in [1.807, 2.05) is 24.3 Å². The summed E-state index contributed by atoms with van der Waals surface area (Å²) in [6.07, 6.45) is 0.386. The molecule has 7 heteroatoms. The topological polar surface area (TPSA) is 105 Å². The third kappa shape index (κ3) is 3.90. The Hall–Kier alpha value is -4.13. The molecule has 1 saturated carbocycles. The SMILES string of the molecule is Cc1cc(NC(=O)C2(NC(=O)OCC3c4ccccc4-c4ccccc43)CC2)ccc1C(=O)O. The average Bonchev–Trinajstić information content (AvgIpc) is 3.53. The first kappa shape index (κ1) is 21.7. The summed E-state index contributed by atoms with van der Waals surface area (Å²) in [5.41, 5.74) is 4.72. The van der Waals surface area contributed by atoms with Crippen LogP contribution in [0.3, 0.4) is 0 Å². The van der Waals surface area contributed by atoms with Crippen molar-refractivity contribution in [2.75, 3.05) is 11.9 Å². The van der Waals surface area contributed by atoms with E-state index >= 15 is 0 Å². The molecule has 0 aliphatic heterocycles. The number of aryl methyl sites for hydroxylation is 1. The first-order valence-corrected chi connectivity index (χ1v) is 11.2. The van der Waals surface area contributed by atoms with Crippen LogP contribution in [0.4, 0.5) is 10.5 Å². The summed E-state index contributed by atoms with van der Waals surface area (Å²) in [7, 11) is 0. The number of anilines is 1. The fourth-order valence-electron chi connectivity index (χ4n) is 4.60. The lowest BCUT2D eigenvalue weighted by molar-refractivity contribution is -0.119. The van der Waals surface area contributed by atoms with Crippen LogP contribution in [0.15, 0.2) is 66.7 Å². The fourth-order valence-corrected chi connectivity index (χ4v) is 4.60. The highest BCUT2D eigenvalue weighted by atomic mass is 16.5. The Morgan fingerprint density at radius 3 is 2.15 bits per heavy atom. The number of carboxylic acids is 1. The Bertz CT molecular complexity index is 1270. The second-order valence-corrected chi connectivity index (χ2v) is 8.82. The van der Waals surface area contributed by atoms with Crippen molar-refractivity contribution in [3.63, 3.8) is 0 Å². The number of rotatable bonds is 6. The second kappa shape index (κ2) is 8.33. The van der Waals surface area contributed by atoms with Crippen LogP contribution in [0.2, 0.25) is 0 Å². The number of carbonyl (C=O) groups is 3. The molecule has 1 fully saturated rings. The normalized spacial score (nSPS) is 15.1. The summed E-state index contributed by atoms with van der Waals surface area (Å²) in [4.78, 5) is 36.7. The summed E-state index contributed by atoms with van der Waals surface area (Å²) in [6, 6.07) is 20.8. The summed E-state index contributed by atoms with van der Waals surface area (Å²) >= 11 is 0. The monoisotopic (exact) mass is 456 g/mol. The summed E-state index contributed by atoms with van der Waals surface area (Å²) in [5, 5.41) is 14.7. The van der Waals surface area contributed by atoms with Gasteiger partial charge in [-0.1, -0.05) is 48.5 Å². The molecule has 0 unspecified atom stereocenters. The third-order valence-corrected chi connectivity index (χ3v) is 6.58. The smallest absolute Gasteiger partial charge is 0.408 e. The number of alkyl carbamates (subject to hydrolysis) is 1. The lowest BCUT2D eigenvalue weighted by atomic mass is 9.98. The lowest BCUT2D eigenvalue weighted by Crippen LogP contribution is -2.46. The number of carbonyl (C=O) groups excluding carboxylic acids is 2. The number of carboxylic acid groups (broad SMARTS) is 1. The molecule has 34 heavy (non-hydrogen) atoms. The number of nitrogens with one attached hydrogen (secondary N) is 2. The largest absolute Gasteiger partial charge is 0.478 e. The minimum atomic E-state index is -1.02. The van der Waals surface area contributed by atoms with Crippen molar-refractivity contribution in [3.05, 3.63) is 89.0 Å². The highest BCUT2D eigenvalue weighted by molar-refractivity contribution is 6.02. The van der Waals surface area contributed by atoms with E-state index in [0.29, 0.717) is 24.1 Å². The van der Waals surface area contributed by atoms with E-state index in [4.69, 9.17) is 9.84 Å². The van der Waals surface area contributed by atoms with Crippen LogP contribution in [-0.4, -0.2) is 35.2 Å². The van der Waals surface area contributed by atoms with Gasteiger partial charge in [0.15, 0.2) is 0 Å². The van der Waals surface area contributed by atoms with Crippen molar-refractivity contribution in [2.45, 2.75) is 31.2 Å². The van der Waals surface area contributed by atoms with Crippen LogP contribution in [0.25, 0.3) is 11.1 Å². The molecule has 3 aromatic rings. The average molecular weight is 456 g/mol. The molecule has 5 rings (SSSR count). The van der Waals surface area contributed by atoms with Crippen LogP contribution >= 0.6 is 0 Å². The molecule has 0 aromatic heterocycles. The summed E-state index contributed by atoms with van der Waals surface area (Å²) < 4.78 is 5.58. The fraction of sp³-hybridized carbons (Fsp3) is 0.222. The van der Waals surface area contributed by atoms with Gasteiger partial charge in [-0.25, -0.2) is 9.59 Å². The molecule has 0 bridgehead atoms. The Morgan fingerprint density at radius 1 is 0.971 bits per heavy atom. The molecule has 0 heterocycles. The number of benzene rings is 3. The zero-order valence-electron chi connectivity index (χ0n) is 18.6. The van der Waals surface area contributed by atoms with E-state index in [-0.39, 0.29) is 24.0 Å². The van der Waals surface area contributed by atoms with Crippen LogP contribution in [0.5, 0.6) is 0 Å². The van der Waals surface area contributed by atoms with Gasteiger partial charge >= 0.3 is 12.1 Å². The summed E-state index contributed by atoms with van der Waals surface area (Å²) in [6.45, 7) is 1.84. The van der Waals surface area contributed by atoms with Gasteiger partial charge in [-0.3, -0.25) is 4.79 Å². The van der Waals surface area contributed by atoms with E-state index in [1.165, 1.54) is 12.1 Å². The molecule has 3 aromatic carbocycles. The highest BCUT2D eigenvalue weighted by Gasteiger charge is 2.51. The van der Waals surface area contributed by atoms with Gasteiger partial charge in [-0.05, 0) is 65.8 Å². The molecule has 3 N–H and O–H groups in total. The van der Waals surface area contributed by atoms with Crippen LogP contribution < -0.4 is 10.6 Å². The third-order valence-electron chi connectivity index (χ3n) is 6.58. The Morgan fingerprint density at radius 2 is 1.59 bits per heavy atom. The molecule has 0 atom stereocenters. The molecular weight excluding hydrogens is 432 g/mol. The van der Waals surface area contributed by atoms with Crippen LogP contribution in [0, 0.1) is 6.92 Å². The van der Waals surface area contributed by atoms with Gasteiger partial charge in [-0.15, -0.1) is 0 Å². The van der Waals surface area contributed by atoms with Gasteiger partial charge in [0.1, 0.15) is 12.1 Å². The second-order valence-electron chi connectivity index (χ2n) is 8.82. The number of aromatic carboxylic acids is 1. The maximum absolute atomic E-state index is 12.9. The molecule has 2 amide bonds. The molecule has 0 saturated heterocycles. The Labute approximate surface area is 196 Å². The number of hydrogen-bond donors (Lipinski definition) is 3. The van der Waals surface area contributed by atoms with Crippen molar-refractivity contribution in [1.82, 2.24) is 5.32 Å². The van der Waals surface area contributed by atoms with Crippen LogP contribution in [0.1, 0.15) is 45.8 Å². The van der Waals surface area contributed by atoms with E-state index in [0.717, 1.165) is 22.3 Å². The minimum Gasteiger partial charge on any atom is -0.478 e. The lowest BCUT2D eigenvalue weighted by Gasteiger charge is -2.19. The molecule has 7 nitrogen and oxygen atoms in total. The predicted octanol–water partition coefficient (Wildman–Crippen LogP) is 4.70. The Kier molecular flexibility index (Phi) is 5.32. The zero-order valence-corrected chi connectivity index (χ0v) is 18.6. The maximum Gasteiger partial charge on any atom is 0.408 e. The quantitative estimate of drug-likeness (QED) is 0.499. The maximum atomic E-state index is 12.9. The molecule has 2 aliphatic carbocycles. The minimum absolute atomic E-state index is 0.0575. The van der Waals surface area contributed by atoms with E-state index in [9.17, 15) is 14.4 Å². The number of hydrogen-bond acceptors (Lipinski definition) is 4. The Balaban J connectivity index is 1.23. The summed E-state index contributed by atoms with van der Waals surface area (Å²) in [5.74, 6) is -1.42. The van der Waals surface area contributed by atoms with Crippen LogP contribution in [-0.2, 0) is 9.53 Å². The van der Waals surface area contributed by atoms with Gasteiger partial charge in [0.2, 0.25) is 5.91 Å². The number of amides is 2. The van der Waals surface area contributed by atoms with Gasteiger partial charge in [0, 0.05) is 11.6 Å². The highest BCUT2D eigenvalue weighted by Crippen LogP contribution is 2.44. The van der Waals surface area contributed by atoms with Gasteiger partial charge in [-0.2, -0.15) is 0 Å². The van der Waals surface area contributed by atoms with E-state index < -0.39 is 17.6 Å². The molecule has 0 radical (unpaired) electrons. The van der Waals surface area contributed by atoms with Crippen molar-refractivity contribution in [2.24, 2.45) is 0 Å². The zero-order chi connectivity index (χ0) is 23.9. The molecule has 0 spiro atoms. The first-order chi connectivity index (χ1) is 16.4. The van der Waals surface area contributed by atoms with Gasteiger partial charge in [0.25, 0.3) is 0 Å². The van der Waals surface area contributed by atoms with Crippen molar-refractivity contribution < 1.29 is 24.2 Å². The standard InChI is InChI=1S/C27H24N2O5/c1-16-14-17(10-11-18(16)24(30)31)28-25(32)27(12-13-27)29-26(33)34-15-23-21-8-4-2-6-19(21)20-7-3-5-9-22(20)23/h2-11,14,23H,12-13,15H2,1H3,(H,28,32)(H,29,33)(H,30,31). The number of fused-ring (bicyclic) bond motifs is 3. The number of ether oxygens (including phenoxy) is 1. The van der Waals surface area contributed by atoms with Crippen molar-refractivity contribution >= 4 is 23.7 Å². The first-order valence-electron chi connectivity index (χ1n) is 11.2. The van der Waals surface area contributed by atoms with Crippen molar-refractivity contribution in [3.8, 4) is 11.1 Å².